The molecule has 1 aliphatic carbocycles. The molecule has 1 aliphatic rings. The van der Waals surface area contributed by atoms with Crippen LogP contribution in [0.15, 0.2) is 24.0 Å². The van der Waals surface area contributed by atoms with Gasteiger partial charge in [0, 0.05) is 6.42 Å². The van der Waals surface area contributed by atoms with Gasteiger partial charge < -0.3 is 15.9 Å². The maximum atomic E-state index is 9.67. The number of allylic oxidation sites excluding steroid dienone is 1. The fourth-order valence-corrected chi connectivity index (χ4v) is 1.09. The summed E-state index contributed by atoms with van der Waals surface area (Å²) in [5, 5.41) is 18.6. The molecule has 0 spiro atoms. The van der Waals surface area contributed by atoms with Crippen LogP contribution in [0.25, 0.3) is 0 Å². The summed E-state index contributed by atoms with van der Waals surface area (Å²) in [6.07, 6.45) is 5.67. The van der Waals surface area contributed by atoms with Crippen molar-refractivity contribution >= 4 is 0 Å². The van der Waals surface area contributed by atoms with Crippen molar-refractivity contribution in [2.75, 3.05) is 6.54 Å². The Morgan fingerprint density at radius 3 is 2.82 bits per heavy atom. The highest BCUT2D eigenvalue weighted by Crippen LogP contribution is 2.22. The Hall–Kier alpha value is -0.800. The van der Waals surface area contributed by atoms with E-state index in [9.17, 15) is 5.11 Å². The number of aliphatic hydroxyl groups excluding tert-OH is 1. The van der Waals surface area contributed by atoms with Gasteiger partial charge in [-0.2, -0.15) is 0 Å². The van der Waals surface area contributed by atoms with Gasteiger partial charge in [0.2, 0.25) is 0 Å². The molecule has 0 amide bonds. The second kappa shape index (κ2) is 3.07. The summed E-state index contributed by atoms with van der Waals surface area (Å²) in [5.74, 6) is 0.215. The molecule has 0 aromatic heterocycles. The third-order valence-electron chi connectivity index (χ3n) is 1.81. The van der Waals surface area contributed by atoms with Crippen LogP contribution in [-0.4, -0.2) is 22.4 Å². The number of hydrogen-bond donors (Lipinski definition) is 3. The highest BCUT2D eigenvalue weighted by atomic mass is 16.3. The topological polar surface area (TPSA) is 66.5 Å². The van der Waals surface area contributed by atoms with Gasteiger partial charge in [-0.05, 0) is 31.2 Å². The van der Waals surface area contributed by atoms with Gasteiger partial charge in [0.05, 0.1) is 5.60 Å². The van der Waals surface area contributed by atoms with Crippen molar-refractivity contribution in [1.29, 1.82) is 0 Å². The molecule has 0 heterocycles. The van der Waals surface area contributed by atoms with Crippen molar-refractivity contribution in [2.24, 2.45) is 5.73 Å². The lowest BCUT2D eigenvalue weighted by Gasteiger charge is -2.24. The Kier molecular flexibility index (Phi) is 2.31. The monoisotopic (exact) mass is 155 g/mol. The largest absolute Gasteiger partial charge is 0.508 e. The first-order valence-corrected chi connectivity index (χ1v) is 3.67. The zero-order chi connectivity index (χ0) is 8.32. The van der Waals surface area contributed by atoms with Crippen molar-refractivity contribution in [2.45, 2.75) is 18.4 Å². The van der Waals surface area contributed by atoms with Crippen LogP contribution in [0.3, 0.4) is 0 Å². The van der Waals surface area contributed by atoms with Crippen molar-refractivity contribution < 1.29 is 10.2 Å². The van der Waals surface area contributed by atoms with Crippen LogP contribution in [0, 0.1) is 0 Å². The van der Waals surface area contributed by atoms with Gasteiger partial charge in [-0.3, -0.25) is 0 Å². The minimum Gasteiger partial charge on any atom is -0.508 e. The van der Waals surface area contributed by atoms with Crippen LogP contribution in [0.5, 0.6) is 0 Å². The lowest BCUT2D eigenvalue weighted by molar-refractivity contribution is 0.0840. The molecule has 1 atom stereocenters. The van der Waals surface area contributed by atoms with Crippen molar-refractivity contribution in [3.63, 3.8) is 0 Å². The van der Waals surface area contributed by atoms with Crippen LogP contribution in [0.2, 0.25) is 0 Å². The van der Waals surface area contributed by atoms with E-state index in [0.717, 1.165) is 0 Å². The van der Waals surface area contributed by atoms with Gasteiger partial charge in [0.15, 0.2) is 0 Å². The molecule has 0 radical (unpaired) electrons. The molecule has 0 fully saturated rings. The van der Waals surface area contributed by atoms with Gasteiger partial charge in [-0.25, -0.2) is 0 Å². The highest BCUT2D eigenvalue weighted by molar-refractivity contribution is 5.22. The Labute approximate surface area is 65.8 Å². The van der Waals surface area contributed by atoms with E-state index in [2.05, 4.69) is 0 Å². The summed E-state index contributed by atoms with van der Waals surface area (Å²) in [6, 6.07) is 0. The first kappa shape index (κ1) is 8.30. The van der Waals surface area contributed by atoms with E-state index < -0.39 is 5.60 Å². The Morgan fingerprint density at radius 2 is 2.36 bits per heavy atom. The molecule has 4 N–H and O–H groups in total. The molecule has 0 aromatic carbocycles. The van der Waals surface area contributed by atoms with Gasteiger partial charge in [-0.1, -0.05) is 0 Å². The predicted octanol–water partition coefficient (Wildman–Crippen LogP) is 0.468. The average molecular weight is 155 g/mol. The van der Waals surface area contributed by atoms with Crippen molar-refractivity contribution in [3.05, 3.63) is 24.0 Å². The molecule has 0 aliphatic heterocycles. The van der Waals surface area contributed by atoms with Gasteiger partial charge in [0.25, 0.3) is 0 Å². The summed E-state index contributed by atoms with van der Waals surface area (Å²) < 4.78 is 0. The number of aliphatic hydroxyl groups is 2. The van der Waals surface area contributed by atoms with Crippen molar-refractivity contribution in [1.82, 2.24) is 0 Å². The molecule has 3 heteroatoms. The minimum atomic E-state index is -0.832. The molecule has 0 saturated heterocycles. The smallest absolute Gasteiger partial charge is 0.111 e. The van der Waals surface area contributed by atoms with Crippen LogP contribution in [0.4, 0.5) is 0 Å². The minimum absolute atomic E-state index is 0.215. The first-order chi connectivity index (χ1) is 5.16. The standard InChI is InChI=1S/C8H13NO2/c9-6-5-8(11)3-1-7(10)2-4-8/h1-3,10-11H,4-6,9H2. The summed E-state index contributed by atoms with van der Waals surface area (Å²) in [6.45, 7) is 0.454. The summed E-state index contributed by atoms with van der Waals surface area (Å²) in [4.78, 5) is 0. The Balaban J connectivity index is 2.58. The van der Waals surface area contributed by atoms with E-state index in [-0.39, 0.29) is 5.76 Å². The summed E-state index contributed by atoms with van der Waals surface area (Å²) >= 11 is 0. The average Bonchev–Trinajstić information content (AvgIpc) is 1.97. The summed E-state index contributed by atoms with van der Waals surface area (Å²) in [7, 11) is 0. The molecule has 62 valence electrons. The Morgan fingerprint density at radius 1 is 1.64 bits per heavy atom. The third kappa shape index (κ3) is 2.06. The van der Waals surface area contributed by atoms with E-state index in [1.54, 1.807) is 12.2 Å². The highest BCUT2D eigenvalue weighted by Gasteiger charge is 2.23. The second-order valence-corrected chi connectivity index (χ2v) is 2.81. The summed E-state index contributed by atoms with van der Waals surface area (Å²) in [5.41, 5.74) is 4.47. The first-order valence-electron chi connectivity index (χ1n) is 3.67. The predicted molar refractivity (Wildman–Crippen MR) is 43.1 cm³/mol. The van der Waals surface area contributed by atoms with Crippen LogP contribution < -0.4 is 5.73 Å². The third-order valence-corrected chi connectivity index (χ3v) is 1.81. The number of rotatable bonds is 2. The van der Waals surface area contributed by atoms with Gasteiger partial charge in [0.1, 0.15) is 5.76 Å². The maximum Gasteiger partial charge on any atom is 0.111 e. The van der Waals surface area contributed by atoms with E-state index in [1.165, 1.54) is 6.08 Å². The van der Waals surface area contributed by atoms with E-state index in [4.69, 9.17) is 10.8 Å². The van der Waals surface area contributed by atoms with E-state index >= 15 is 0 Å². The van der Waals surface area contributed by atoms with Crippen LogP contribution in [-0.2, 0) is 0 Å². The Bertz CT molecular complexity index is 198. The van der Waals surface area contributed by atoms with Crippen molar-refractivity contribution in [3.8, 4) is 0 Å². The molecular weight excluding hydrogens is 142 g/mol. The van der Waals surface area contributed by atoms with Gasteiger partial charge in [-0.15, -0.1) is 0 Å². The van der Waals surface area contributed by atoms with Crippen LogP contribution in [0.1, 0.15) is 12.8 Å². The van der Waals surface area contributed by atoms with Crippen LogP contribution >= 0.6 is 0 Å². The molecule has 0 aromatic rings. The number of hydrogen-bond acceptors (Lipinski definition) is 3. The quantitative estimate of drug-likeness (QED) is 0.543. The zero-order valence-electron chi connectivity index (χ0n) is 6.33. The fraction of sp³-hybridized carbons (Fsp3) is 0.500. The lowest BCUT2D eigenvalue weighted by Crippen LogP contribution is -2.29. The maximum absolute atomic E-state index is 9.67. The number of nitrogens with two attached hydrogens (primary N) is 1. The second-order valence-electron chi connectivity index (χ2n) is 2.81. The molecule has 1 rings (SSSR count). The molecule has 3 nitrogen and oxygen atoms in total. The zero-order valence-corrected chi connectivity index (χ0v) is 6.33. The molecule has 11 heavy (non-hydrogen) atoms. The fourth-order valence-electron chi connectivity index (χ4n) is 1.09. The van der Waals surface area contributed by atoms with E-state index in [0.29, 0.717) is 19.4 Å². The van der Waals surface area contributed by atoms with Gasteiger partial charge >= 0.3 is 0 Å². The molecular formula is C8H13NO2. The lowest BCUT2D eigenvalue weighted by atomic mass is 9.91. The SMILES string of the molecule is NCCC1(O)C=CC(O)=CC1. The molecule has 1 unspecified atom stereocenters. The molecule has 0 saturated carbocycles. The van der Waals surface area contributed by atoms with E-state index in [1.807, 2.05) is 0 Å². The normalized spacial score (nSPS) is 30.2. The molecule has 0 bridgehead atoms.